The van der Waals surface area contributed by atoms with Crippen LogP contribution in [0.1, 0.15) is 29.0 Å². The van der Waals surface area contributed by atoms with E-state index in [4.69, 9.17) is 9.47 Å². The van der Waals surface area contributed by atoms with Crippen LogP contribution in [0.5, 0.6) is 5.75 Å². The first-order valence-electron chi connectivity index (χ1n) is 10.0. The Morgan fingerprint density at radius 3 is 2.47 bits per heavy atom. The maximum absolute atomic E-state index is 12.2. The molecule has 0 bridgehead atoms. The lowest BCUT2D eigenvalue weighted by molar-refractivity contribution is 0.143. The van der Waals surface area contributed by atoms with Crippen molar-refractivity contribution in [2.45, 2.75) is 12.3 Å². The van der Waals surface area contributed by atoms with Crippen molar-refractivity contribution in [1.29, 1.82) is 0 Å². The predicted octanol–water partition coefficient (Wildman–Crippen LogP) is 5.03. The molecule has 1 aliphatic rings. The zero-order valence-electron chi connectivity index (χ0n) is 16.9. The summed E-state index contributed by atoms with van der Waals surface area (Å²) >= 11 is 0. The molecule has 0 aliphatic heterocycles. The molecule has 5 nitrogen and oxygen atoms in total. The lowest BCUT2D eigenvalue weighted by Crippen LogP contribution is -2.26. The number of rotatable bonds is 7. The Labute approximate surface area is 176 Å². The molecule has 0 saturated carbocycles. The van der Waals surface area contributed by atoms with Crippen molar-refractivity contribution in [3.63, 3.8) is 0 Å². The molecule has 4 rings (SSSR count). The summed E-state index contributed by atoms with van der Waals surface area (Å²) in [6, 6.07) is 18.4. The number of nitrogens with zero attached hydrogens (tertiary/aromatic N) is 1. The Morgan fingerprint density at radius 2 is 1.77 bits per heavy atom. The van der Waals surface area contributed by atoms with E-state index in [1.54, 1.807) is 19.5 Å². The van der Waals surface area contributed by atoms with Gasteiger partial charge in [-0.15, -0.1) is 0 Å². The van der Waals surface area contributed by atoms with E-state index in [-0.39, 0.29) is 5.92 Å². The number of methoxy groups -OCH3 is 1. The first kappa shape index (κ1) is 19.7. The van der Waals surface area contributed by atoms with Crippen molar-refractivity contribution >= 4 is 12.2 Å². The lowest BCUT2D eigenvalue weighted by atomic mass is 9.98. The molecule has 0 saturated heterocycles. The number of nitrogens with one attached hydrogen (secondary N) is 1. The summed E-state index contributed by atoms with van der Waals surface area (Å²) in [5, 5.41) is 2.81. The highest BCUT2D eigenvalue weighted by molar-refractivity contribution is 5.79. The van der Waals surface area contributed by atoms with Gasteiger partial charge in [0.2, 0.25) is 0 Å². The third-order valence-electron chi connectivity index (χ3n) is 5.25. The van der Waals surface area contributed by atoms with Gasteiger partial charge in [-0.3, -0.25) is 4.98 Å². The van der Waals surface area contributed by atoms with Crippen LogP contribution in [-0.2, 0) is 4.74 Å². The minimum atomic E-state index is -0.399. The molecule has 152 valence electrons. The van der Waals surface area contributed by atoms with E-state index >= 15 is 0 Å². The van der Waals surface area contributed by atoms with Gasteiger partial charge in [-0.1, -0.05) is 60.7 Å². The minimum absolute atomic E-state index is 0.0705. The normalized spacial score (nSPS) is 12.4. The van der Waals surface area contributed by atoms with Gasteiger partial charge in [-0.25, -0.2) is 4.79 Å². The zero-order valence-corrected chi connectivity index (χ0v) is 16.9. The number of pyridine rings is 1. The number of benzene rings is 2. The highest BCUT2D eigenvalue weighted by atomic mass is 16.5. The molecule has 1 N–H and O–H groups in total. The lowest BCUT2D eigenvalue weighted by Gasteiger charge is -2.14. The molecule has 2 aromatic carbocycles. The Morgan fingerprint density at radius 1 is 1.07 bits per heavy atom. The fraction of sp³-hybridized carbons (Fsp3) is 0.200. The third kappa shape index (κ3) is 4.20. The smallest absolute Gasteiger partial charge is 0.407 e. The van der Waals surface area contributed by atoms with Crippen LogP contribution >= 0.6 is 0 Å². The summed E-state index contributed by atoms with van der Waals surface area (Å²) in [6.45, 7) is 0.818. The second-order valence-electron chi connectivity index (χ2n) is 7.06. The van der Waals surface area contributed by atoms with Gasteiger partial charge < -0.3 is 14.8 Å². The van der Waals surface area contributed by atoms with Crippen molar-refractivity contribution < 1.29 is 14.3 Å². The van der Waals surface area contributed by atoms with E-state index in [0.717, 1.165) is 11.3 Å². The van der Waals surface area contributed by atoms with E-state index in [1.807, 2.05) is 42.5 Å². The number of fused-ring (bicyclic) bond motifs is 3. The van der Waals surface area contributed by atoms with Crippen LogP contribution in [0.4, 0.5) is 4.79 Å². The Bertz CT molecular complexity index is 1020. The van der Waals surface area contributed by atoms with Crippen molar-refractivity contribution in [1.82, 2.24) is 10.3 Å². The van der Waals surface area contributed by atoms with Crippen LogP contribution in [-0.4, -0.2) is 31.3 Å². The van der Waals surface area contributed by atoms with Gasteiger partial charge in [0.15, 0.2) is 0 Å². The van der Waals surface area contributed by atoms with Gasteiger partial charge >= 0.3 is 6.09 Å². The maximum Gasteiger partial charge on any atom is 0.407 e. The van der Waals surface area contributed by atoms with E-state index in [0.29, 0.717) is 19.6 Å². The van der Waals surface area contributed by atoms with Gasteiger partial charge in [0, 0.05) is 30.4 Å². The van der Waals surface area contributed by atoms with Gasteiger partial charge in [-0.2, -0.15) is 0 Å². The average Bonchev–Trinajstić information content (AvgIpc) is 3.11. The Balaban J connectivity index is 1.28. The summed E-state index contributed by atoms with van der Waals surface area (Å²) in [7, 11) is 1.63. The molecule has 1 heterocycles. The number of carbonyl (C=O) groups is 1. The van der Waals surface area contributed by atoms with Crippen LogP contribution in [0.15, 0.2) is 73.1 Å². The van der Waals surface area contributed by atoms with E-state index < -0.39 is 6.09 Å². The fourth-order valence-electron chi connectivity index (χ4n) is 3.82. The quantitative estimate of drug-likeness (QED) is 0.565. The van der Waals surface area contributed by atoms with Crippen molar-refractivity contribution in [2.75, 3.05) is 20.3 Å². The van der Waals surface area contributed by atoms with Gasteiger partial charge in [-0.05, 0) is 34.7 Å². The largest absolute Gasteiger partial charge is 0.496 e. The van der Waals surface area contributed by atoms with Crippen LogP contribution in [0.25, 0.3) is 17.2 Å². The molecule has 0 spiro atoms. The minimum Gasteiger partial charge on any atom is -0.496 e. The Hall–Kier alpha value is -3.60. The molecule has 0 atom stereocenters. The summed E-state index contributed by atoms with van der Waals surface area (Å²) in [6.07, 6.45) is 7.63. The van der Waals surface area contributed by atoms with E-state index in [9.17, 15) is 4.79 Å². The number of hydrogen-bond acceptors (Lipinski definition) is 4. The molecule has 5 heteroatoms. The molecule has 3 aromatic rings. The van der Waals surface area contributed by atoms with Crippen LogP contribution in [0, 0.1) is 0 Å². The van der Waals surface area contributed by atoms with Crippen LogP contribution in [0.2, 0.25) is 0 Å². The summed E-state index contributed by atoms with van der Waals surface area (Å²) in [5.41, 5.74) is 5.76. The second-order valence-corrected chi connectivity index (χ2v) is 7.06. The topological polar surface area (TPSA) is 60.5 Å². The molecule has 1 aliphatic carbocycles. The number of alkyl carbamates (subject to hydrolysis) is 1. The van der Waals surface area contributed by atoms with Crippen molar-refractivity contribution in [2.24, 2.45) is 0 Å². The van der Waals surface area contributed by atoms with E-state index in [2.05, 4.69) is 34.6 Å². The molecule has 1 aromatic heterocycles. The highest BCUT2D eigenvalue weighted by Crippen LogP contribution is 2.44. The molecular weight excluding hydrogens is 376 g/mol. The SMILES string of the molecule is COc1ccncc1C=CCCNC(=O)OCC1c2ccccc2-c2ccccc21. The summed E-state index contributed by atoms with van der Waals surface area (Å²) < 4.78 is 10.8. The van der Waals surface area contributed by atoms with Crippen molar-refractivity contribution in [3.05, 3.63) is 89.8 Å². The predicted molar refractivity (Wildman–Crippen MR) is 118 cm³/mol. The monoisotopic (exact) mass is 400 g/mol. The summed E-state index contributed by atoms with van der Waals surface area (Å²) in [5.74, 6) is 0.840. The number of aromatic nitrogens is 1. The van der Waals surface area contributed by atoms with Gasteiger partial charge in [0.1, 0.15) is 12.4 Å². The fourth-order valence-corrected chi connectivity index (χ4v) is 3.82. The molecule has 0 radical (unpaired) electrons. The van der Waals surface area contributed by atoms with E-state index in [1.165, 1.54) is 22.3 Å². The zero-order chi connectivity index (χ0) is 20.8. The molecule has 1 amide bonds. The number of amides is 1. The number of ether oxygens (including phenoxy) is 2. The molecular formula is C25H24N2O3. The maximum atomic E-state index is 12.2. The Kier molecular flexibility index (Phi) is 6.09. The van der Waals surface area contributed by atoms with Crippen LogP contribution in [0.3, 0.4) is 0 Å². The third-order valence-corrected chi connectivity index (χ3v) is 5.25. The number of hydrogen-bond donors (Lipinski definition) is 1. The number of carbonyl (C=O) groups excluding carboxylic acids is 1. The second kappa shape index (κ2) is 9.27. The van der Waals surface area contributed by atoms with Gasteiger partial charge in [0.05, 0.1) is 7.11 Å². The first-order valence-corrected chi connectivity index (χ1v) is 10.0. The van der Waals surface area contributed by atoms with Crippen molar-refractivity contribution in [3.8, 4) is 16.9 Å². The summed E-state index contributed by atoms with van der Waals surface area (Å²) in [4.78, 5) is 16.3. The average molecular weight is 400 g/mol. The molecule has 0 fully saturated rings. The standard InChI is InChI=1S/C25H24N2O3/c1-29-24-13-15-26-16-18(24)8-6-7-14-27-25(28)30-17-23-21-11-4-2-9-19(21)20-10-3-5-12-22(20)23/h2-6,8-13,15-16,23H,7,14,17H2,1H3,(H,27,28). The van der Waals surface area contributed by atoms with Crippen LogP contribution < -0.4 is 10.1 Å². The molecule has 0 unspecified atom stereocenters. The first-order chi connectivity index (χ1) is 14.8. The molecule has 30 heavy (non-hydrogen) atoms. The van der Waals surface area contributed by atoms with Gasteiger partial charge in [0.25, 0.3) is 0 Å². The highest BCUT2D eigenvalue weighted by Gasteiger charge is 2.28.